The molecule has 3 nitrogen and oxygen atoms in total. The third-order valence-electron chi connectivity index (χ3n) is 14.0. The summed E-state index contributed by atoms with van der Waals surface area (Å²) in [6.45, 7) is 0. The van der Waals surface area contributed by atoms with Gasteiger partial charge in [-0.25, -0.2) is 0 Å². The van der Waals surface area contributed by atoms with Gasteiger partial charge in [0, 0.05) is 63.2 Å². The summed E-state index contributed by atoms with van der Waals surface area (Å²) in [5.41, 5.74) is 13.3. The summed E-state index contributed by atoms with van der Waals surface area (Å²) in [5.74, 6) is 1.23. The summed E-state index contributed by atoms with van der Waals surface area (Å²) < 4.78 is 0. The molecule has 0 spiro atoms. The first kappa shape index (κ1) is 38.8. The molecule has 5 aliphatic rings. The molecule has 65 heavy (non-hydrogen) atoms. The number of benzene rings is 7. The minimum atomic E-state index is 0.239. The van der Waals surface area contributed by atoms with Crippen molar-refractivity contribution in [1.82, 2.24) is 0 Å². The van der Waals surface area contributed by atoms with E-state index in [0.717, 1.165) is 17.1 Å². The molecule has 0 bridgehead atoms. The van der Waals surface area contributed by atoms with Gasteiger partial charge in [-0.15, -0.1) is 0 Å². The summed E-state index contributed by atoms with van der Waals surface area (Å²) in [6, 6.07) is 66.6. The number of hydrogen-bond donors (Lipinski definition) is 0. The Morgan fingerprint density at radius 1 is 0.400 bits per heavy atom. The average molecular weight is 836 g/mol. The zero-order valence-electron chi connectivity index (χ0n) is 36.1. The molecule has 1 aliphatic heterocycles. The molecule has 0 aromatic heterocycles. The topological polar surface area (TPSA) is 9.72 Å². The Balaban J connectivity index is 0.874. The van der Waals surface area contributed by atoms with Gasteiger partial charge in [0.15, 0.2) is 0 Å². The molecule has 1 saturated heterocycles. The summed E-state index contributed by atoms with van der Waals surface area (Å²) >= 11 is 0. The van der Waals surface area contributed by atoms with Crippen molar-refractivity contribution in [2.75, 3.05) is 14.7 Å². The van der Waals surface area contributed by atoms with Crippen molar-refractivity contribution in [1.29, 1.82) is 0 Å². The van der Waals surface area contributed by atoms with Gasteiger partial charge >= 0.3 is 0 Å². The molecule has 6 unspecified atom stereocenters. The van der Waals surface area contributed by atoms with Crippen molar-refractivity contribution in [3.8, 4) is 0 Å². The summed E-state index contributed by atoms with van der Waals surface area (Å²) in [7, 11) is 0. The summed E-state index contributed by atoms with van der Waals surface area (Å²) in [5, 5.41) is 2.46. The van der Waals surface area contributed by atoms with Crippen LogP contribution in [0, 0.1) is 23.7 Å². The van der Waals surface area contributed by atoms with Crippen LogP contribution in [-0.2, 0) is 0 Å². The van der Waals surface area contributed by atoms with Crippen LogP contribution < -0.4 is 14.7 Å². The lowest BCUT2D eigenvalue weighted by Gasteiger charge is -2.36. The van der Waals surface area contributed by atoms with E-state index in [-0.39, 0.29) is 18.0 Å². The number of nitrogens with zero attached hydrogens (tertiary/aromatic N) is 3. The van der Waals surface area contributed by atoms with E-state index in [1.165, 1.54) is 55.8 Å². The van der Waals surface area contributed by atoms with Gasteiger partial charge in [-0.3, -0.25) is 0 Å². The highest BCUT2D eigenvalue weighted by molar-refractivity contribution is 5.99. The Kier molecular flexibility index (Phi) is 9.95. The Bertz CT molecular complexity index is 3110. The van der Waals surface area contributed by atoms with Gasteiger partial charge in [-0.2, -0.15) is 0 Å². The van der Waals surface area contributed by atoms with Crippen molar-refractivity contribution in [3.63, 3.8) is 0 Å². The molecule has 4 aliphatic carbocycles. The van der Waals surface area contributed by atoms with Gasteiger partial charge in [0.1, 0.15) is 0 Å². The molecule has 0 saturated carbocycles. The molecule has 1 heterocycles. The fraction of sp³-hybridized carbons (Fsp3) is 0.0968. The lowest BCUT2D eigenvalue weighted by molar-refractivity contribution is 0.530. The van der Waals surface area contributed by atoms with Crippen molar-refractivity contribution in [2.24, 2.45) is 23.7 Å². The zero-order chi connectivity index (χ0) is 43.1. The highest BCUT2D eigenvalue weighted by Gasteiger charge is 2.47. The van der Waals surface area contributed by atoms with Crippen molar-refractivity contribution >= 4 is 56.0 Å². The largest absolute Gasteiger partial charge is 0.357 e. The second kappa shape index (κ2) is 16.7. The van der Waals surface area contributed by atoms with Crippen LogP contribution in [0.4, 0.5) is 34.1 Å². The first-order valence-electron chi connectivity index (χ1n) is 23.0. The van der Waals surface area contributed by atoms with Crippen LogP contribution >= 0.6 is 0 Å². The van der Waals surface area contributed by atoms with Gasteiger partial charge in [0.05, 0.1) is 17.8 Å². The van der Waals surface area contributed by atoms with Crippen LogP contribution in [0.1, 0.15) is 11.1 Å². The van der Waals surface area contributed by atoms with Gasteiger partial charge in [0.25, 0.3) is 0 Å². The van der Waals surface area contributed by atoms with E-state index in [4.69, 9.17) is 0 Å². The van der Waals surface area contributed by atoms with E-state index in [0.29, 0.717) is 17.8 Å². The number of anilines is 6. The average Bonchev–Trinajstić information content (AvgIpc) is 3.71. The fourth-order valence-corrected chi connectivity index (χ4v) is 10.9. The Hall–Kier alpha value is -7.88. The lowest BCUT2D eigenvalue weighted by Crippen LogP contribution is -2.36. The quantitative estimate of drug-likeness (QED) is 0.143. The molecular formula is C62H49N3. The molecule has 12 rings (SSSR count). The smallest absolute Gasteiger partial charge is 0.0552 e. The molecule has 6 atom stereocenters. The number of hydrogen-bond acceptors (Lipinski definition) is 3. The van der Waals surface area contributed by atoms with Gasteiger partial charge in [0.2, 0.25) is 0 Å². The minimum Gasteiger partial charge on any atom is -0.357 e. The van der Waals surface area contributed by atoms with Crippen LogP contribution in [0.2, 0.25) is 0 Å². The second-order valence-corrected chi connectivity index (χ2v) is 17.6. The Morgan fingerprint density at radius 3 is 1.55 bits per heavy atom. The maximum absolute atomic E-state index is 2.64. The first-order chi connectivity index (χ1) is 32.2. The highest BCUT2D eigenvalue weighted by Crippen LogP contribution is 2.49. The van der Waals surface area contributed by atoms with Gasteiger partial charge < -0.3 is 14.7 Å². The standard InChI is InChI=1S/C62H49N3/c1-4-20-50(21-5-1)63(59-28-14-18-46-16-10-12-26-55(46)59)53-36-30-44(31-37-53)48-34-40-61-57(42-48)58-43-49(35-41-62(58)65(61)52-24-8-3-9-25-52)45-32-38-54(39-33-45)64(51-22-6-2-7-23-51)60-29-15-19-47-17-11-13-27-56(47)60/h1-43,46,55,57-58,61-62H. The maximum atomic E-state index is 2.64. The Morgan fingerprint density at radius 2 is 0.908 bits per heavy atom. The zero-order valence-corrected chi connectivity index (χ0v) is 36.1. The lowest BCUT2D eigenvalue weighted by atomic mass is 9.78. The molecular weight excluding hydrogens is 787 g/mol. The fourth-order valence-electron chi connectivity index (χ4n) is 10.9. The monoisotopic (exact) mass is 835 g/mol. The van der Waals surface area contributed by atoms with Crippen LogP contribution in [0.5, 0.6) is 0 Å². The van der Waals surface area contributed by atoms with E-state index in [1.54, 1.807) is 0 Å². The van der Waals surface area contributed by atoms with E-state index < -0.39 is 0 Å². The van der Waals surface area contributed by atoms with Crippen LogP contribution in [-0.4, -0.2) is 12.1 Å². The SMILES string of the molecule is C1=CC2C=CC=C(N(c3ccccc3)c3ccc(C4=CC5C6C=C(c7ccc(N(c8ccccc8)c8cccc9ccccc89)cc7)C=CC6N(c6ccccc6)C5C=C4)cc3)C2C=C1. The van der Waals surface area contributed by atoms with Crippen LogP contribution in [0.15, 0.2) is 267 Å². The Labute approximate surface area is 382 Å². The highest BCUT2D eigenvalue weighted by atomic mass is 15.2. The van der Waals surface area contributed by atoms with Gasteiger partial charge in [-0.05, 0) is 100 Å². The molecule has 1 fully saturated rings. The van der Waals surface area contributed by atoms with E-state index in [2.05, 4.69) is 276 Å². The summed E-state index contributed by atoms with van der Waals surface area (Å²) in [4.78, 5) is 7.46. The van der Waals surface area contributed by atoms with E-state index in [9.17, 15) is 0 Å². The van der Waals surface area contributed by atoms with E-state index >= 15 is 0 Å². The van der Waals surface area contributed by atoms with Crippen molar-refractivity contribution < 1.29 is 0 Å². The number of para-hydroxylation sites is 3. The molecule has 0 amide bonds. The number of allylic oxidation sites excluding steroid dienone is 11. The molecule has 7 aromatic carbocycles. The maximum Gasteiger partial charge on any atom is 0.0552 e. The molecule has 0 radical (unpaired) electrons. The summed E-state index contributed by atoms with van der Waals surface area (Å²) in [6.07, 6.45) is 30.6. The van der Waals surface area contributed by atoms with Crippen molar-refractivity contribution in [3.05, 3.63) is 278 Å². The van der Waals surface area contributed by atoms with Crippen LogP contribution in [0.3, 0.4) is 0 Å². The number of fused-ring (bicyclic) bond motifs is 5. The van der Waals surface area contributed by atoms with Gasteiger partial charge in [-0.1, -0.05) is 188 Å². The molecule has 312 valence electrons. The van der Waals surface area contributed by atoms with Crippen molar-refractivity contribution in [2.45, 2.75) is 12.1 Å². The third-order valence-corrected chi connectivity index (χ3v) is 14.0. The molecule has 7 aromatic rings. The number of rotatable bonds is 9. The normalized spacial score (nSPS) is 22.4. The van der Waals surface area contributed by atoms with E-state index in [1.807, 2.05) is 0 Å². The minimum absolute atomic E-state index is 0.239. The second-order valence-electron chi connectivity index (χ2n) is 17.6. The molecule has 0 N–H and O–H groups in total. The van der Waals surface area contributed by atoms with Crippen LogP contribution in [0.25, 0.3) is 21.9 Å². The predicted molar refractivity (Wildman–Crippen MR) is 274 cm³/mol. The third kappa shape index (κ3) is 7.10. The first-order valence-corrected chi connectivity index (χ1v) is 23.0. The molecule has 3 heteroatoms. The predicted octanol–water partition coefficient (Wildman–Crippen LogP) is 15.4.